The zero-order valence-corrected chi connectivity index (χ0v) is 17.7. The SMILES string of the molecule is CC(C)(C)n1ncc2c(=O)n3c(nc21)SCC3CC(=O)Nc1ccccc1C(N)=O. The van der Waals surface area contributed by atoms with E-state index in [9.17, 15) is 14.4 Å². The summed E-state index contributed by atoms with van der Waals surface area (Å²) in [4.78, 5) is 42.0. The number of thioether (sulfide) groups is 1. The summed E-state index contributed by atoms with van der Waals surface area (Å²) in [6.45, 7) is 5.99. The third-order valence-electron chi connectivity index (χ3n) is 4.89. The van der Waals surface area contributed by atoms with Crippen LogP contribution in [0.1, 0.15) is 43.6 Å². The number of amides is 2. The topological polar surface area (TPSA) is 125 Å². The minimum Gasteiger partial charge on any atom is -0.366 e. The molecule has 0 radical (unpaired) electrons. The van der Waals surface area contributed by atoms with E-state index in [-0.39, 0.29) is 35.0 Å². The average Bonchev–Trinajstić information content (AvgIpc) is 3.27. The molecule has 0 saturated carbocycles. The van der Waals surface area contributed by atoms with Crippen molar-refractivity contribution < 1.29 is 9.59 Å². The van der Waals surface area contributed by atoms with E-state index in [2.05, 4.69) is 15.4 Å². The molecule has 3 aromatic rings. The van der Waals surface area contributed by atoms with Gasteiger partial charge in [0.1, 0.15) is 5.39 Å². The number of hydrogen-bond acceptors (Lipinski definition) is 6. The van der Waals surface area contributed by atoms with Gasteiger partial charge in [0.2, 0.25) is 5.91 Å². The summed E-state index contributed by atoms with van der Waals surface area (Å²) in [5.41, 5.74) is 6.00. The molecule has 9 nitrogen and oxygen atoms in total. The quantitative estimate of drug-likeness (QED) is 0.616. The summed E-state index contributed by atoms with van der Waals surface area (Å²) in [6, 6.07) is 6.21. The Balaban J connectivity index is 1.62. The number of carbonyl (C=O) groups is 2. The van der Waals surface area contributed by atoms with E-state index in [4.69, 9.17) is 5.73 Å². The lowest BCUT2D eigenvalue weighted by Crippen LogP contribution is -2.29. The lowest BCUT2D eigenvalue weighted by molar-refractivity contribution is -0.116. The lowest BCUT2D eigenvalue weighted by atomic mass is 10.1. The number of hydrogen-bond donors (Lipinski definition) is 2. The van der Waals surface area contributed by atoms with Crippen LogP contribution in [-0.2, 0) is 10.3 Å². The van der Waals surface area contributed by atoms with Crippen molar-refractivity contribution in [2.75, 3.05) is 11.1 Å². The Morgan fingerprint density at radius 3 is 2.73 bits per heavy atom. The van der Waals surface area contributed by atoms with Crippen molar-refractivity contribution in [3.8, 4) is 0 Å². The molecule has 0 fully saturated rings. The molecule has 2 amide bonds. The zero-order valence-electron chi connectivity index (χ0n) is 16.9. The Morgan fingerprint density at radius 1 is 1.30 bits per heavy atom. The molecule has 3 N–H and O–H groups in total. The molecule has 1 aliphatic rings. The first-order valence-electron chi connectivity index (χ1n) is 9.49. The van der Waals surface area contributed by atoms with Gasteiger partial charge in [0, 0.05) is 12.2 Å². The van der Waals surface area contributed by atoms with Crippen molar-refractivity contribution in [1.29, 1.82) is 0 Å². The molecule has 0 bridgehead atoms. The molecule has 1 unspecified atom stereocenters. The summed E-state index contributed by atoms with van der Waals surface area (Å²) >= 11 is 1.44. The van der Waals surface area contributed by atoms with Crippen LogP contribution in [0.5, 0.6) is 0 Å². The highest BCUT2D eigenvalue weighted by Crippen LogP contribution is 2.34. The largest absolute Gasteiger partial charge is 0.366 e. The summed E-state index contributed by atoms with van der Waals surface area (Å²) in [5, 5.41) is 8.08. The number of benzene rings is 1. The van der Waals surface area contributed by atoms with Gasteiger partial charge in [0.05, 0.1) is 29.0 Å². The van der Waals surface area contributed by atoms with Crippen LogP contribution >= 0.6 is 11.8 Å². The second-order valence-electron chi connectivity index (χ2n) is 8.16. The Kier molecular flexibility index (Phi) is 4.89. The van der Waals surface area contributed by atoms with Crippen molar-refractivity contribution in [2.45, 2.75) is 43.9 Å². The van der Waals surface area contributed by atoms with Gasteiger partial charge in [-0.3, -0.25) is 19.0 Å². The molecule has 0 saturated heterocycles. The Labute approximate surface area is 176 Å². The van der Waals surface area contributed by atoms with Crippen LogP contribution in [0.2, 0.25) is 0 Å². The van der Waals surface area contributed by atoms with Crippen LogP contribution in [0, 0.1) is 0 Å². The van der Waals surface area contributed by atoms with Gasteiger partial charge in [0.25, 0.3) is 11.5 Å². The predicted molar refractivity (Wildman–Crippen MR) is 115 cm³/mol. The third kappa shape index (κ3) is 3.47. The van der Waals surface area contributed by atoms with Crippen molar-refractivity contribution in [3.63, 3.8) is 0 Å². The van der Waals surface area contributed by atoms with Crippen molar-refractivity contribution in [3.05, 3.63) is 46.4 Å². The second-order valence-corrected chi connectivity index (χ2v) is 9.15. The van der Waals surface area contributed by atoms with Crippen LogP contribution in [-0.4, -0.2) is 36.9 Å². The minimum atomic E-state index is -0.619. The van der Waals surface area contributed by atoms with Gasteiger partial charge in [-0.05, 0) is 32.9 Å². The number of nitrogens with zero attached hydrogens (tertiary/aromatic N) is 4. The standard InChI is InChI=1S/C20H22N6O3S/c1-20(2,3)26-17-13(9-22-26)18(29)25-11(10-30-19(25)24-17)8-15(27)23-14-7-5-4-6-12(14)16(21)28/h4-7,9,11H,8,10H2,1-3H3,(H2,21,28)(H,23,27). The molecule has 10 heteroatoms. The van der Waals surface area contributed by atoms with Crippen molar-refractivity contribution in [2.24, 2.45) is 5.73 Å². The summed E-state index contributed by atoms with van der Waals surface area (Å²) in [5.74, 6) is -0.367. The van der Waals surface area contributed by atoms with E-state index in [1.807, 2.05) is 20.8 Å². The fourth-order valence-electron chi connectivity index (χ4n) is 3.49. The van der Waals surface area contributed by atoms with Crippen molar-refractivity contribution >= 4 is 40.3 Å². The van der Waals surface area contributed by atoms with Gasteiger partial charge in [-0.1, -0.05) is 23.9 Å². The fourth-order valence-corrected chi connectivity index (χ4v) is 4.62. The number of para-hydroxylation sites is 1. The Bertz CT molecular complexity index is 1220. The van der Waals surface area contributed by atoms with E-state index in [1.54, 1.807) is 33.5 Å². The summed E-state index contributed by atoms with van der Waals surface area (Å²) < 4.78 is 3.31. The van der Waals surface area contributed by atoms with Gasteiger partial charge in [-0.25, -0.2) is 9.67 Å². The molecule has 156 valence electrons. The van der Waals surface area contributed by atoms with E-state index in [1.165, 1.54) is 18.0 Å². The van der Waals surface area contributed by atoms with Crippen LogP contribution in [0.3, 0.4) is 0 Å². The maximum absolute atomic E-state index is 13.1. The number of aromatic nitrogens is 4. The molecule has 1 atom stereocenters. The number of primary amides is 1. The van der Waals surface area contributed by atoms with Gasteiger partial charge in [-0.2, -0.15) is 5.10 Å². The highest BCUT2D eigenvalue weighted by atomic mass is 32.2. The highest BCUT2D eigenvalue weighted by Gasteiger charge is 2.30. The smallest absolute Gasteiger partial charge is 0.265 e. The molecule has 4 rings (SSSR count). The first kappa shape index (κ1) is 20.1. The summed E-state index contributed by atoms with van der Waals surface area (Å²) in [6.07, 6.45) is 1.61. The number of nitrogens with one attached hydrogen (secondary N) is 1. The molecule has 30 heavy (non-hydrogen) atoms. The summed E-state index contributed by atoms with van der Waals surface area (Å²) in [7, 11) is 0. The minimum absolute atomic E-state index is 0.0770. The molecule has 0 spiro atoms. The zero-order chi connectivity index (χ0) is 21.6. The highest BCUT2D eigenvalue weighted by molar-refractivity contribution is 7.99. The molecular weight excluding hydrogens is 404 g/mol. The van der Waals surface area contributed by atoms with Gasteiger partial charge in [0.15, 0.2) is 10.8 Å². The molecular formula is C20H22N6O3S. The Hall–Kier alpha value is -3.14. The molecule has 1 aromatic carbocycles. The average molecular weight is 427 g/mol. The first-order chi connectivity index (χ1) is 14.2. The second kappa shape index (κ2) is 7.28. The molecule has 3 heterocycles. The molecule has 1 aliphatic heterocycles. The van der Waals surface area contributed by atoms with Gasteiger partial charge in [-0.15, -0.1) is 0 Å². The number of carbonyl (C=O) groups excluding carboxylic acids is 2. The van der Waals surface area contributed by atoms with E-state index in [0.29, 0.717) is 27.6 Å². The van der Waals surface area contributed by atoms with Crippen LogP contribution in [0.25, 0.3) is 11.0 Å². The molecule has 0 aliphatic carbocycles. The monoisotopic (exact) mass is 426 g/mol. The first-order valence-corrected chi connectivity index (χ1v) is 10.5. The normalized spacial score (nSPS) is 15.9. The van der Waals surface area contributed by atoms with E-state index < -0.39 is 5.91 Å². The number of fused-ring (bicyclic) bond motifs is 2. The number of anilines is 1. The lowest BCUT2D eigenvalue weighted by Gasteiger charge is -2.20. The maximum atomic E-state index is 13.1. The van der Waals surface area contributed by atoms with Crippen LogP contribution in [0.15, 0.2) is 40.4 Å². The van der Waals surface area contributed by atoms with Gasteiger partial charge < -0.3 is 11.1 Å². The predicted octanol–water partition coefficient (Wildman–Crippen LogP) is 2.12. The number of nitrogens with two attached hydrogens (primary N) is 1. The van der Waals surface area contributed by atoms with Crippen LogP contribution < -0.4 is 16.6 Å². The Morgan fingerprint density at radius 2 is 2.03 bits per heavy atom. The van der Waals surface area contributed by atoms with E-state index in [0.717, 1.165) is 0 Å². The number of rotatable bonds is 4. The van der Waals surface area contributed by atoms with Gasteiger partial charge >= 0.3 is 0 Å². The third-order valence-corrected chi connectivity index (χ3v) is 5.99. The van der Waals surface area contributed by atoms with E-state index >= 15 is 0 Å². The van der Waals surface area contributed by atoms with Crippen LogP contribution in [0.4, 0.5) is 5.69 Å². The fraction of sp³-hybridized carbons (Fsp3) is 0.350. The molecule has 2 aromatic heterocycles. The van der Waals surface area contributed by atoms with Crippen molar-refractivity contribution in [1.82, 2.24) is 19.3 Å². The maximum Gasteiger partial charge on any atom is 0.265 e.